The van der Waals surface area contributed by atoms with Crippen LogP contribution in [0, 0.1) is 0 Å². The van der Waals surface area contributed by atoms with Crippen molar-refractivity contribution in [3.63, 3.8) is 0 Å². The zero-order valence-corrected chi connectivity index (χ0v) is 9.23. The molecule has 2 rings (SSSR count). The van der Waals surface area contributed by atoms with Gasteiger partial charge in [-0.3, -0.25) is 4.79 Å². The minimum atomic E-state index is -0.660. The Kier molecular flexibility index (Phi) is 3.13. The third kappa shape index (κ3) is 2.47. The van der Waals surface area contributed by atoms with Crippen LogP contribution in [-0.4, -0.2) is 31.8 Å². The highest BCUT2D eigenvalue weighted by molar-refractivity contribution is 5.98. The normalized spacial score (nSPS) is 18.2. The molecule has 0 saturated carbocycles. The minimum Gasteiger partial charge on any atom is -0.495 e. The molecule has 1 saturated heterocycles. The van der Waals surface area contributed by atoms with E-state index in [9.17, 15) is 9.59 Å². The lowest BCUT2D eigenvalue weighted by molar-refractivity contribution is -0.117. The SMILES string of the molecule is COc1ccccc1NC(=O)C1COC(=O)N1. The second-order valence-corrected chi connectivity index (χ2v) is 3.48. The number of amides is 2. The third-order valence-electron chi connectivity index (χ3n) is 2.35. The highest BCUT2D eigenvalue weighted by Crippen LogP contribution is 2.23. The topological polar surface area (TPSA) is 76.7 Å². The van der Waals surface area contributed by atoms with Gasteiger partial charge >= 0.3 is 6.09 Å². The first kappa shape index (κ1) is 11.3. The van der Waals surface area contributed by atoms with Crippen LogP contribution in [0.25, 0.3) is 0 Å². The fraction of sp³-hybridized carbons (Fsp3) is 0.273. The highest BCUT2D eigenvalue weighted by atomic mass is 16.6. The predicted molar refractivity (Wildman–Crippen MR) is 59.9 cm³/mol. The van der Waals surface area contributed by atoms with E-state index in [0.29, 0.717) is 11.4 Å². The molecule has 1 unspecified atom stereocenters. The number of anilines is 1. The zero-order valence-electron chi connectivity index (χ0n) is 9.23. The molecule has 1 heterocycles. The Morgan fingerprint density at radius 3 is 2.94 bits per heavy atom. The number of ether oxygens (including phenoxy) is 2. The summed E-state index contributed by atoms with van der Waals surface area (Å²) in [5.41, 5.74) is 0.557. The van der Waals surface area contributed by atoms with Gasteiger partial charge in [0.25, 0.3) is 5.91 Å². The van der Waals surface area contributed by atoms with Crippen LogP contribution in [-0.2, 0) is 9.53 Å². The number of cyclic esters (lactones) is 1. The number of hydrogen-bond donors (Lipinski definition) is 2. The Hall–Kier alpha value is -2.24. The largest absolute Gasteiger partial charge is 0.495 e. The number of para-hydroxylation sites is 2. The lowest BCUT2D eigenvalue weighted by Crippen LogP contribution is -2.38. The van der Waals surface area contributed by atoms with E-state index in [2.05, 4.69) is 15.4 Å². The molecule has 1 aromatic rings. The van der Waals surface area contributed by atoms with Crippen LogP contribution in [0.15, 0.2) is 24.3 Å². The molecular formula is C11H12N2O4. The Balaban J connectivity index is 2.05. The number of carbonyl (C=O) groups is 2. The maximum Gasteiger partial charge on any atom is 0.407 e. The lowest BCUT2D eigenvalue weighted by Gasteiger charge is -2.11. The summed E-state index contributed by atoms with van der Waals surface area (Å²) in [5.74, 6) is 0.228. The second kappa shape index (κ2) is 4.73. The second-order valence-electron chi connectivity index (χ2n) is 3.48. The number of alkyl carbamates (subject to hydrolysis) is 1. The average Bonchev–Trinajstić information content (AvgIpc) is 2.77. The maximum atomic E-state index is 11.8. The zero-order chi connectivity index (χ0) is 12.3. The molecule has 1 atom stereocenters. The number of carbonyl (C=O) groups excluding carboxylic acids is 2. The summed E-state index contributed by atoms with van der Waals surface area (Å²) in [6.45, 7) is 0.0415. The third-order valence-corrected chi connectivity index (χ3v) is 2.35. The van der Waals surface area contributed by atoms with Gasteiger partial charge in [-0.2, -0.15) is 0 Å². The van der Waals surface area contributed by atoms with Crippen molar-refractivity contribution >= 4 is 17.7 Å². The average molecular weight is 236 g/mol. The quantitative estimate of drug-likeness (QED) is 0.811. The van der Waals surface area contributed by atoms with Crippen LogP contribution in [0.2, 0.25) is 0 Å². The van der Waals surface area contributed by atoms with E-state index in [-0.39, 0.29) is 12.5 Å². The molecule has 0 radical (unpaired) electrons. The molecule has 0 aliphatic carbocycles. The van der Waals surface area contributed by atoms with E-state index in [4.69, 9.17) is 4.74 Å². The molecule has 0 bridgehead atoms. The van der Waals surface area contributed by atoms with Gasteiger partial charge < -0.3 is 20.1 Å². The molecule has 6 nitrogen and oxygen atoms in total. The van der Waals surface area contributed by atoms with Gasteiger partial charge in [0.15, 0.2) is 0 Å². The van der Waals surface area contributed by atoms with Gasteiger partial charge in [-0.25, -0.2) is 4.79 Å². The molecule has 1 aliphatic rings. The molecule has 6 heteroatoms. The van der Waals surface area contributed by atoms with Crippen LogP contribution in [0.4, 0.5) is 10.5 Å². The van der Waals surface area contributed by atoms with Crippen molar-refractivity contribution in [1.82, 2.24) is 5.32 Å². The molecule has 90 valence electrons. The first-order valence-corrected chi connectivity index (χ1v) is 5.08. The van der Waals surface area contributed by atoms with Gasteiger partial charge in [0.05, 0.1) is 12.8 Å². The molecule has 0 aromatic heterocycles. The van der Waals surface area contributed by atoms with Crippen LogP contribution >= 0.6 is 0 Å². The standard InChI is InChI=1S/C11H12N2O4/c1-16-9-5-3-2-4-7(9)12-10(14)8-6-17-11(15)13-8/h2-5,8H,6H2,1H3,(H,12,14)(H,13,15). The van der Waals surface area contributed by atoms with E-state index < -0.39 is 12.1 Å². The van der Waals surface area contributed by atoms with Crippen LogP contribution < -0.4 is 15.4 Å². The van der Waals surface area contributed by atoms with Crippen molar-refractivity contribution in [2.45, 2.75) is 6.04 Å². The Morgan fingerprint density at radius 1 is 1.53 bits per heavy atom. The van der Waals surface area contributed by atoms with E-state index in [1.807, 2.05) is 0 Å². The Bertz CT molecular complexity index is 447. The molecule has 2 N–H and O–H groups in total. The first-order valence-electron chi connectivity index (χ1n) is 5.08. The Morgan fingerprint density at radius 2 is 2.29 bits per heavy atom. The van der Waals surface area contributed by atoms with Crippen LogP contribution in [0.5, 0.6) is 5.75 Å². The predicted octanol–water partition coefficient (Wildman–Crippen LogP) is 0.742. The van der Waals surface area contributed by atoms with Crippen molar-refractivity contribution in [2.24, 2.45) is 0 Å². The van der Waals surface area contributed by atoms with E-state index in [1.54, 1.807) is 24.3 Å². The van der Waals surface area contributed by atoms with Gasteiger partial charge in [0.2, 0.25) is 0 Å². The number of benzene rings is 1. The number of rotatable bonds is 3. The van der Waals surface area contributed by atoms with Gasteiger partial charge in [-0.1, -0.05) is 12.1 Å². The summed E-state index contributed by atoms with van der Waals surface area (Å²) in [6.07, 6.45) is -0.579. The summed E-state index contributed by atoms with van der Waals surface area (Å²) in [7, 11) is 1.52. The Labute approximate surface area is 97.9 Å². The maximum absolute atomic E-state index is 11.8. The highest BCUT2D eigenvalue weighted by Gasteiger charge is 2.29. The van der Waals surface area contributed by atoms with Gasteiger partial charge in [-0.05, 0) is 12.1 Å². The first-order chi connectivity index (χ1) is 8.20. The fourth-order valence-corrected chi connectivity index (χ4v) is 1.49. The molecule has 1 aliphatic heterocycles. The summed E-state index contributed by atoms with van der Waals surface area (Å²) in [6, 6.07) is 6.37. The fourth-order valence-electron chi connectivity index (χ4n) is 1.49. The van der Waals surface area contributed by atoms with Crippen molar-refractivity contribution in [3.05, 3.63) is 24.3 Å². The molecule has 17 heavy (non-hydrogen) atoms. The lowest BCUT2D eigenvalue weighted by atomic mass is 10.2. The van der Waals surface area contributed by atoms with E-state index >= 15 is 0 Å². The van der Waals surface area contributed by atoms with Crippen molar-refractivity contribution in [2.75, 3.05) is 19.0 Å². The van der Waals surface area contributed by atoms with Gasteiger partial charge in [-0.15, -0.1) is 0 Å². The van der Waals surface area contributed by atoms with Crippen molar-refractivity contribution in [1.29, 1.82) is 0 Å². The molecular weight excluding hydrogens is 224 g/mol. The van der Waals surface area contributed by atoms with E-state index in [0.717, 1.165) is 0 Å². The van der Waals surface area contributed by atoms with Crippen LogP contribution in [0.3, 0.4) is 0 Å². The number of methoxy groups -OCH3 is 1. The van der Waals surface area contributed by atoms with Gasteiger partial charge in [0, 0.05) is 0 Å². The van der Waals surface area contributed by atoms with Crippen LogP contribution in [0.1, 0.15) is 0 Å². The van der Waals surface area contributed by atoms with E-state index in [1.165, 1.54) is 7.11 Å². The number of nitrogens with one attached hydrogen (secondary N) is 2. The van der Waals surface area contributed by atoms with Crippen molar-refractivity contribution < 1.29 is 19.1 Å². The van der Waals surface area contributed by atoms with Gasteiger partial charge in [0.1, 0.15) is 18.4 Å². The molecule has 2 amide bonds. The molecule has 1 aromatic carbocycles. The minimum absolute atomic E-state index is 0.0415. The summed E-state index contributed by atoms with van der Waals surface area (Å²) < 4.78 is 9.74. The summed E-state index contributed by atoms with van der Waals surface area (Å²) in [4.78, 5) is 22.6. The summed E-state index contributed by atoms with van der Waals surface area (Å²) >= 11 is 0. The van der Waals surface area contributed by atoms with Crippen molar-refractivity contribution in [3.8, 4) is 5.75 Å². The molecule has 1 fully saturated rings. The molecule has 0 spiro atoms. The smallest absolute Gasteiger partial charge is 0.407 e. The number of hydrogen-bond acceptors (Lipinski definition) is 4. The summed E-state index contributed by atoms with van der Waals surface area (Å²) in [5, 5.41) is 5.06. The monoisotopic (exact) mass is 236 g/mol.